The van der Waals surface area contributed by atoms with E-state index in [0.717, 1.165) is 26.1 Å². The van der Waals surface area contributed by atoms with Crippen LogP contribution in [0.3, 0.4) is 0 Å². The highest BCUT2D eigenvalue weighted by atomic mass is 16.2. The van der Waals surface area contributed by atoms with Gasteiger partial charge in [-0.25, -0.2) is 4.79 Å². The Balaban J connectivity index is 1.69. The molecule has 5 heteroatoms. The van der Waals surface area contributed by atoms with Crippen LogP contribution in [0.15, 0.2) is 30.5 Å². The van der Waals surface area contributed by atoms with Gasteiger partial charge in [-0.3, -0.25) is 4.90 Å². The minimum Gasteiger partial charge on any atom is -0.361 e. The summed E-state index contributed by atoms with van der Waals surface area (Å²) in [6, 6.07) is 6.90. The molecule has 1 aromatic carbocycles. The van der Waals surface area contributed by atoms with Gasteiger partial charge < -0.3 is 15.2 Å². The van der Waals surface area contributed by atoms with Crippen molar-refractivity contribution in [1.82, 2.24) is 20.1 Å². The van der Waals surface area contributed by atoms with E-state index in [-0.39, 0.29) is 12.1 Å². The maximum absolute atomic E-state index is 12.4. The molecular weight excluding hydrogens is 312 g/mol. The second-order valence-electron chi connectivity index (χ2n) is 7.05. The number of aromatic nitrogens is 1. The molecule has 2 heterocycles. The van der Waals surface area contributed by atoms with Crippen LogP contribution in [0.1, 0.15) is 25.0 Å². The second kappa shape index (κ2) is 6.23. The summed E-state index contributed by atoms with van der Waals surface area (Å²) in [4.78, 5) is 20.0. The van der Waals surface area contributed by atoms with Crippen molar-refractivity contribution in [2.24, 2.45) is 0 Å². The standard InChI is InChI=1S/C20H26N4O/c1-4-24(5-2)20(25)22-14-10-16-15-7-6-8-17-19(15)13(11-21-17)9-18(16)23(3)12-14/h6-8,10-11,14,18,21H,4-5,9,12H2,1-3H3,(H,22,25)/t14?,18-/m1/s1. The molecule has 0 bridgehead atoms. The van der Waals surface area contributed by atoms with E-state index in [2.05, 4.69) is 52.7 Å². The highest BCUT2D eigenvalue weighted by Gasteiger charge is 2.34. The quantitative estimate of drug-likeness (QED) is 0.904. The highest BCUT2D eigenvalue weighted by molar-refractivity contribution is 5.98. The smallest absolute Gasteiger partial charge is 0.317 e. The summed E-state index contributed by atoms with van der Waals surface area (Å²) < 4.78 is 0. The Labute approximate surface area is 148 Å². The second-order valence-corrected chi connectivity index (χ2v) is 7.05. The van der Waals surface area contributed by atoms with Crippen molar-refractivity contribution >= 4 is 22.5 Å². The molecule has 0 saturated carbocycles. The Hall–Kier alpha value is -2.27. The van der Waals surface area contributed by atoms with Crippen molar-refractivity contribution in [2.45, 2.75) is 32.4 Å². The third-order valence-corrected chi connectivity index (χ3v) is 5.63. The molecule has 1 aromatic heterocycles. The average molecular weight is 338 g/mol. The first-order valence-electron chi connectivity index (χ1n) is 9.19. The Morgan fingerprint density at radius 3 is 2.92 bits per heavy atom. The predicted molar refractivity (Wildman–Crippen MR) is 102 cm³/mol. The van der Waals surface area contributed by atoms with E-state index in [1.807, 2.05) is 18.7 Å². The van der Waals surface area contributed by atoms with Crippen molar-refractivity contribution in [3.05, 3.63) is 41.6 Å². The lowest BCUT2D eigenvalue weighted by Crippen LogP contribution is -2.52. The van der Waals surface area contributed by atoms with Gasteiger partial charge in [-0.1, -0.05) is 18.2 Å². The van der Waals surface area contributed by atoms with Gasteiger partial charge in [0.1, 0.15) is 0 Å². The fraction of sp³-hybridized carbons (Fsp3) is 0.450. The van der Waals surface area contributed by atoms with Crippen molar-refractivity contribution < 1.29 is 4.79 Å². The number of nitrogens with zero attached hydrogens (tertiary/aromatic N) is 2. The van der Waals surface area contributed by atoms with E-state index < -0.39 is 0 Å². The van der Waals surface area contributed by atoms with E-state index in [1.54, 1.807) is 0 Å². The summed E-state index contributed by atoms with van der Waals surface area (Å²) in [5, 5.41) is 4.54. The van der Waals surface area contributed by atoms with Crippen molar-refractivity contribution in [3.8, 4) is 0 Å². The number of hydrogen-bond donors (Lipinski definition) is 2. The summed E-state index contributed by atoms with van der Waals surface area (Å²) in [5.41, 5.74) is 5.24. The van der Waals surface area contributed by atoms with E-state index in [4.69, 9.17) is 0 Å². The van der Waals surface area contributed by atoms with Gasteiger partial charge in [-0.15, -0.1) is 0 Å². The molecule has 25 heavy (non-hydrogen) atoms. The van der Waals surface area contributed by atoms with Gasteiger partial charge >= 0.3 is 6.03 Å². The zero-order valence-electron chi connectivity index (χ0n) is 15.2. The molecule has 0 spiro atoms. The van der Waals surface area contributed by atoms with Crippen LogP contribution in [0, 0.1) is 0 Å². The number of fused-ring (bicyclic) bond motifs is 2. The Morgan fingerprint density at radius 1 is 1.36 bits per heavy atom. The Bertz CT molecular complexity index is 833. The van der Waals surface area contributed by atoms with Crippen LogP contribution in [0.5, 0.6) is 0 Å². The molecule has 2 N–H and O–H groups in total. The first-order valence-corrected chi connectivity index (χ1v) is 9.19. The summed E-state index contributed by atoms with van der Waals surface area (Å²) in [6.07, 6.45) is 5.44. The maximum atomic E-state index is 12.4. The number of aromatic amines is 1. The fourth-order valence-electron chi connectivity index (χ4n) is 4.30. The van der Waals surface area contributed by atoms with E-state index in [1.165, 1.54) is 27.6 Å². The minimum atomic E-state index is 0.0232. The lowest BCUT2D eigenvalue weighted by Gasteiger charge is -2.40. The molecule has 2 aliphatic rings. The average Bonchev–Trinajstić information content (AvgIpc) is 3.02. The largest absolute Gasteiger partial charge is 0.361 e. The highest BCUT2D eigenvalue weighted by Crippen LogP contribution is 2.39. The number of benzene rings is 1. The van der Waals surface area contributed by atoms with E-state index in [0.29, 0.717) is 6.04 Å². The van der Waals surface area contributed by atoms with Crippen LogP contribution in [0.25, 0.3) is 16.5 Å². The molecule has 2 aromatic rings. The Kier molecular flexibility index (Phi) is 4.04. The van der Waals surface area contributed by atoms with Gasteiger partial charge in [-0.05, 0) is 50.1 Å². The molecule has 1 unspecified atom stereocenters. The van der Waals surface area contributed by atoms with Crippen LogP contribution in [0.4, 0.5) is 4.79 Å². The molecule has 5 nitrogen and oxygen atoms in total. The van der Waals surface area contributed by atoms with Crippen molar-refractivity contribution in [3.63, 3.8) is 0 Å². The summed E-state index contributed by atoms with van der Waals surface area (Å²) in [5.74, 6) is 0. The van der Waals surface area contributed by atoms with Gasteiger partial charge in [0.05, 0.1) is 6.04 Å². The third-order valence-electron chi connectivity index (χ3n) is 5.63. The lowest BCUT2D eigenvalue weighted by molar-refractivity contribution is 0.193. The van der Waals surface area contributed by atoms with Gasteiger partial charge in [0.2, 0.25) is 0 Å². The van der Waals surface area contributed by atoms with Gasteiger partial charge in [0, 0.05) is 42.8 Å². The molecular formula is C20H26N4O. The molecule has 0 fully saturated rings. The lowest BCUT2D eigenvalue weighted by atomic mass is 9.81. The molecule has 2 atom stereocenters. The van der Waals surface area contributed by atoms with Gasteiger partial charge in [0.25, 0.3) is 0 Å². The van der Waals surface area contributed by atoms with Gasteiger partial charge in [-0.2, -0.15) is 0 Å². The molecule has 2 amide bonds. The van der Waals surface area contributed by atoms with Gasteiger partial charge in [0.15, 0.2) is 0 Å². The number of hydrogen-bond acceptors (Lipinski definition) is 2. The van der Waals surface area contributed by atoms with E-state index in [9.17, 15) is 4.79 Å². The number of nitrogens with one attached hydrogen (secondary N) is 2. The monoisotopic (exact) mass is 338 g/mol. The topological polar surface area (TPSA) is 51.4 Å². The SMILES string of the molecule is CCN(CC)C(=O)NC1C=C2c3cccc4[nH]cc(c34)C[C@H]2N(C)C1. The molecule has 0 saturated heterocycles. The zero-order valence-corrected chi connectivity index (χ0v) is 15.2. The number of carbonyl (C=O) groups excluding carboxylic acids is 1. The first kappa shape index (κ1) is 16.2. The molecule has 132 valence electrons. The molecule has 4 rings (SSSR count). The van der Waals surface area contributed by atoms with Crippen LogP contribution >= 0.6 is 0 Å². The summed E-state index contributed by atoms with van der Waals surface area (Å²) >= 11 is 0. The third kappa shape index (κ3) is 2.63. The van der Waals surface area contributed by atoms with Crippen LogP contribution in [-0.4, -0.2) is 59.6 Å². The number of amides is 2. The minimum absolute atomic E-state index is 0.0232. The van der Waals surface area contributed by atoms with Crippen LogP contribution < -0.4 is 5.32 Å². The zero-order chi connectivity index (χ0) is 17.6. The maximum Gasteiger partial charge on any atom is 0.317 e. The molecule has 0 radical (unpaired) electrons. The summed E-state index contributed by atoms with van der Waals surface area (Å²) in [6.45, 7) is 6.34. The van der Waals surface area contributed by atoms with Crippen molar-refractivity contribution in [2.75, 3.05) is 26.7 Å². The number of rotatable bonds is 3. The summed E-state index contributed by atoms with van der Waals surface area (Å²) in [7, 11) is 2.16. The number of carbonyl (C=O) groups is 1. The number of urea groups is 1. The van der Waals surface area contributed by atoms with Crippen LogP contribution in [-0.2, 0) is 6.42 Å². The number of likely N-dealkylation sites (N-methyl/N-ethyl adjacent to an activating group) is 1. The molecule has 1 aliphatic carbocycles. The van der Waals surface area contributed by atoms with Crippen LogP contribution in [0.2, 0.25) is 0 Å². The fourth-order valence-corrected chi connectivity index (χ4v) is 4.30. The normalized spacial score (nSPS) is 22.4. The number of H-pyrrole nitrogens is 1. The van der Waals surface area contributed by atoms with E-state index >= 15 is 0 Å². The Morgan fingerprint density at radius 2 is 2.16 bits per heavy atom. The van der Waals surface area contributed by atoms with Crippen molar-refractivity contribution in [1.29, 1.82) is 0 Å². The molecule has 1 aliphatic heterocycles. The predicted octanol–water partition coefficient (Wildman–Crippen LogP) is 2.84. The first-order chi connectivity index (χ1) is 12.1.